The molecule has 0 heterocycles. The molecule has 0 bridgehead atoms. The number of benzene rings is 2. The van der Waals surface area contributed by atoms with Crippen LogP contribution in [0.25, 0.3) is 0 Å². The lowest BCUT2D eigenvalue weighted by Gasteiger charge is -2.31. The molecule has 0 saturated heterocycles. The normalized spacial score (nSPS) is 11.8. The molecule has 2 aromatic rings. The van der Waals surface area contributed by atoms with Crippen LogP contribution in [0.5, 0.6) is 0 Å². The molecule has 1 N–H and O–H groups in total. The summed E-state index contributed by atoms with van der Waals surface area (Å²) in [7, 11) is 0. The molecule has 4 nitrogen and oxygen atoms in total. The third-order valence-electron chi connectivity index (χ3n) is 4.84. The van der Waals surface area contributed by atoms with Gasteiger partial charge >= 0.3 is 0 Å². The first kappa shape index (κ1) is 24.5. The van der Waals surface area contributed by atoms with Gasteiger partial charge in [-0.1, -0.05) is 73.3 Å². The van der Waals surface area contributed by atoms with Crippen molar-refractivity contribution in [2.24, 2.45) is 0 Å². The molecule has 0 aliphatic rings. The Balaban J connectivity index is 2.28. The van der Waals surface area contributed by atoms with Gasteiger partial charge < -0.3 is 10.2 Å². The molecule has 7 heteroatoms. The van der Waals surface area contributed by atoms with Gasteiger partial charge in [0.2, 0.25) is 11.8 Å². The van der Waals surface area contributed by atoms with Crippen LogP contribution in [0, 0.1) is 0 Å². The maximum atomic E-state index is 13.3. The van der Waals surface area contributed by atoms with Crippen molar-refractivity contribution in [2.45, 2.75) is 52.1 Å². The van der Waals surface area contributed by atoms with Gasteiger partial charge in [-0.3, -0.25) is 9.59 Å². The van der Waals surface area contributed by atoms with E-state index in [0.29, 0.717) is 28.0 Å². The van der Waals surface area contributed by atoms with Crippen LogP contribution in [-0.2, 0) is 22.6 Å². The van der Waals surface area contributed by atoms with Gasteiger partial charge in [-0.05, 0) is 48.2 Å². The maximum Gasteiger partial charge on any atom is 0.242 e. The summed E-state index contributed by atoms with van der Waals surface area (Å²) in [4.78, 5) is 27.7. The third kappa shape index (κ3) is 7.19. The number of rotatable bonds is 10. The first-order valence-electron chi connectivity index (χ1n) is 10.1. The first-order chi connectivity index (χ1) is 14.3. The molecule has 0 aliphatic heterocycles. The molecule has 0 spiro atoms. The molecular formula is C23H27Cl3N2O2. The van der Waals surface area contributed by atoms with Crippen LogP contribution in [0.3, 0.4) is 0 Å². The number of halogens is 3. The summed E-state index contributed by atoms with van der Waals surface area (Å²) in [6.45, 7) is 4.78. The zero-order valence-corrected chi connectivity index (χ0v) is 19.5. The number of carbonyl (C=O) groups excluding carboxylic acids is 2. The molecule has 2 rings (SSSR count). The van der Waals surface area contributed by atoms with Crippen molar-refractivity contribution in [1.29, 1.82) is 0 Å². The lowest BCUT2D eigenvalue weighted by molar-refractivity contribution is -0.140. The Labute approximate surface area is 193 Å². The maximum absolute atomic E-state index is 13.3. The van der Waals surface area contributed by atoms with Crippen LogP contribution in [0.15, 0.2) is 42.5 Å². The van der Waals surface area contributed by atoms with Crippen LogP contribution < -0.4 is 5.32 Å². The van der Waals surface area contributed by atoms with E-state index in [4.69, 9.17) is 34.8 Å². The Kier molecular flexibility index (Phi) is 9.96. The molecule has 0 aliphatic carbocycles. The summed E-state index contributed by atoms with van der Waals surface area (Å²) in [5, 5.41) is 4.54. The average molecular weight is 470 g/mol. The van der Waals surface area contributed by atoms with Crippen molar-refractivity contribution in [2.75, 3.05) is 6.54 Å². The molecule has 2 aromatic carbocycles. The smallest absolute Gasteiger partial charge is 0.242 e. The fourth-order valence-electron chi connectivity index (χ4n) is 3.14. The van der Waals surface area contributed by atoms with Crippen LogP contribution >= 0.6 is 34.8 Å². The van der Waals surface area contributed by atoms with E-state index in [1.807, 2.05) is 19.1 Å². The zero-order chi connectivity index (χ0) is 22.1. The molecule has 0 fully saturated rings. The molecule has 1 atom stereocenters. The summed E-state index contributed by atoms with van der Waals surface area (Å²) < 4.78 is 0. The lowest BCUT2D eigenvalue weighted by atomic mass is 10.1. The lowest BCUT2D eigenvalue weighted by Crippen LogP contribution is -2.49. The number of hydrogen-bond acceptors (Lipinski definition) is 2. The summed E-state index contributed by atoms with van der Waals surface area (Å²) >= 11 is 18.3. The second-order valence-electron chi connectivity index (χ2n) is 7.13. The molecule has 2 amide bonds. The summed E-state index contributed by atoms with van der Waals surface area (Å²) in [5.41, 5.74) is 1.57. The summed E-state index contributed by atoms with van der Waals surface area (Å²) in [6, 6.07) is 11.7. The van der Waals surface area contributed by atoms with E-state index in [1.54, 1.807) is 35.2 Å². The number of unbranched alkanes of at least 4 members (excludes halogenated alkanes) is 1. The van der Waals surface area contributed by atoms with E-state index in [2.05, 4.69) is 12.2 Å². The second kappa shape index (κ2) is 12.2. The number of nitrogens with one attached hydrogen (secondary N) is 1. The molecule has 0 unspecified atom stereocenters. The largest absolute Gasteiger partial charge is 0.354 e. The van der Waals surface area contributed by atoms with Crippen molar-refractivity contribution >= 4 is 46.6 Å². The molecule has 0 saturated carbocycles. The Morgan fingerprint density at radius 2 is 1.67 bits per heavy atom. The van der Waals surface area contributed by atoms with Crippen LogP contribution in [0.4, 0.5) is 0 Å². The van der Waals surface area contributed by atoms with E-state index < -0.39 is 6.04 Å². The molecular weight excluding hydrogens is 443 g/mol. The number of nitrogens with zero attached hydrogens (tertiary/aromatic N) is 1. The third-order valence-corrected chi connectivity index (χ3v) is 5.68. The predicted molar refractivity (Wildman–Crippen MR) is 124 cm³/mol. The summed E-state index contributed by atoms with van der Waals surface area (Å²) in [5.74, 6) is -0.304. The predicted octanol–water partition coefficient (Wildman–Crippen LogP) is 5.91. The SMILES string of the molecule is CCCCNC(=O)[C@H](CC)N(Cc1ccc(Cl)cc1Cl)C(=O)Cc1ccc(Cl)cc1. The monoisotopic (exact) mass is 468 g/mol. The molecule has 0 aromatic heterocycles. The Morgan fingerprint density at radius 1 is 1.00 bits per heavy atom. The minimum Gasteiger partial charge on any atom is -0.354 e. The van der Waals surface area contributed by atoms with E-state index in [1.165, 1.54) is 0 Å². The van der Waals surface area contributed by atoms with Gasteiger partial charge in [0, 0.05) is 28.2 Å². The number of hydrogen-bond donors (Lipinski definition) is 1. The Bertz CT molecular complexity index is 856. The van der Waals surface area contributed by atoms with Gasteiger partial charge in [-0.25, -0.2) is 0 Å². The van der Waals surface area contributed by atoms with Gasteiger partial charge in [0.05, 0.1) is 6.42 Å². The summed E-state index contributed by atoms with van der Waals surface area (Å²) in [6.07, 6.45) is 2.54. The van der Waals surface area contributed by atoms with Gasteiger partial charge in [0.25, 0.3) is 0 Å². The second-order valence-corrected chi connectivity index (χ2v) is 8.41. The van der Waals surface area contributed by atoms with E-state index >= 15 is 0 Å². The Morgan fingerprint density at radius 3 is 2.27 bits per heavy atom. The average Bonchev–Trinajstić information content (AvgIpc) is 2.71. The molecule has 0 radical (unpaired) electrons. The van der Waals surface area contributed by atoms with Crippen LogP contribution in [0.2, 0.25) is 15.1 Å². The van der Waals surface area contributed by atoms with Gasteiger partial charge in [0.15, 0.2) is 0 Å². The van der Waals surface area contributed by atoms with Crippen molar-refractivity contribution < 1.29 is 9.59 Å². The minimum absolute atomic E-state index is 0.152. The van der Waals surface area contributed by atoms with Gasteiger partial charge in [-0.2, -0.15) is 0 Å². The molecule has 162 valence electrons. The van der Waals surface area contributed by atoms with Gasteiger partial charge in [-0.15, -0.1) is 0 Å². The van der Waals surface area contributed by atoms with Crippen molar-refractivity contribution in [3.63, 3.8) is 0 Å². The highest BCUT2D eigenvalue weighted by Crippen LogP contribution is 2.24. The highest BCUT2D eigenvalue weighted by Gasteiger charge is 2.29. The number of amides is 2. The molecule has 30 heavy (non-hydrogen) atoms. The van der Waals surface area contributed by atoms with E-state index in [9.17, 15) is 9.59 Å². The minimum atomic E-state index is -0.589. The van der Waals surface area contributed by atoms with Gasteiger partial charge in [0.1, 0.15) is 6.04 Å². The topological polar surface area (TPSA) is 49.4 Å². The highest BCUT2D eigenvalue weighted by atomic mass is 35.5. The fourth-order valence-corrected chi connectivity index (χ4v) is 3.73. The fraction of sp³-hybridized carbons (Fsp3) is 0.391. The van der Waals surface area contributed by atoms with Crippen LogP contribution in [-0.4, -0.2) is 29.3 Å². The standard InChI is InChI=1S/C23H27Cl3N2O2/c1-3-5-12-27-23(30)21(4-2)28(15-17-8-11-19(25)14-20(17)26)22(29)13-16-6-9-18(24)10-7-16/h6-11,14,21H,3-5,12-13,15H2,1-2H3,(H,27,30)/t21-/m0/s1. The van der Waals surface area contributed by atoms with Crippen molar-refractivity contribution in [3.05, 3.63) is 68.7 Å². The van der Waals surface area contributed by atoms with E-state index in [-0.39, 0.29) is 24.8 Å². The van der Waals surface area contributed by atoms with Crippen LogP contribution in [0.1, 0.15) is 44.2 Å². The van der Waals surface area contributed by atoms with Crippen molar-refractivity contribution in [3.8, 4) is 0 Å². The van der Waals surface area contributed by atoms with Crippen molar-refractivity contribution in [1.82, 2.24) is 10.2 Å². The first-order valence-corrected chi connectivity index (χ1v) is 11.2. The quantitative estimate of drug-likeness (QED) is 0.440. The highest BCUT2D eigenvalue weighted by molar-refractivity contribution is 6.35. The number of carbonyl (C=O) groups is 2. The zero-order valence-electron chi connectivity index (χ0n) is 17.3. The van der Waals surface area contributed by atoms with E-state index in [0.717, 1.165) is 24.0 Å². The Hall–Kier alpha value is -1.75.